The van der Waals surface area contributed by atoms with Gasteiger partial charge in [-0.2, -0.15) is 0 Å². The second-order valence-corrected chi connectivity index (χ2v) is 6.60. The maximum absolute atomic E-state index is 5.94. The lowest BCUT2D eigenvalue weighted by molar-refractivity contribution is -0.0427. The van der Waals surface area contributed by atoms with Gasteiger partial charge in [0, 0.05) is 31.2 Å². The summed E-state index contributed by atoms with van der Waals surface area (Å²) in [5, 5.41) is 3.56. The van der Waals surface area contributed by atoms with Crippen molar-refractivity contribution in [2.45, 2.75) is 63.9 Å². The van der Waals surface area contributed by atoms with Gasteiger partial charge in [0.2, 0.25) is 0 Å². The molecule has 0 spiro atoms. The number of furan rings is 1. The molecular formula is C16H24N2O2. The van der Waals surface area contributed by atoms with Crippen molar-refractivity contribution in [1.29, 1.82) is 0 Å². The molecule has 2 bridgehead atoms. The Kier molecular flexibility index (Phi) is 3.33. The minimum Gasteiger partial charge on any atom is -0.465 e. The highest BCUT2D eigenvalue weighted by molar-refractivity contribution is 5.21. The average molecular weight is 276 g/mol. The fourth-order valence-corrected chi connectivity index (χ4v) is 3.43. The van der Waals surface area contributed by atoms with Gasteiger partial charge in [0.25, 0.3) is 0 Å². The predicted molar refractivity (Wildman–Crippen MR) is 76.5 cm³/mol. The highest BCUT2D eigenvalue weighted by Crippen LogP contribution is 2.28. The van der Waals surface area contributed by atoms with Crippen LogP contribution in [0.25, 0.3) is 0 Å². The third-order valence-corrected chi connectivity index (χ3v) is 4.73. The molecule has 1 aliphatic carbocycles. The number of aryl methyl sites for hydroxylation is 1. The van der Waals surface area contributed by atoms with Crippen LogP contribution in [0.4, 0.5) is 0 Å². The zero-order chi connectivity index (χ0) is 13.5. The Morgan fingerprint density at radius 2 is 1.95 bits per heavy atom. The highest BCUT2D eigenvalue weighted by Gasteiger charge is 2.33. The van der Waals surface area contributed by atoms with Crippen molar-refractivity contribution in [3.63, 3.8) is 0 Å². The van der Waals surface area contributed by atoms with Gasteiger partial charge in [0.1, 0.15) is 11.5 Å². The van der Waals surface area contributed by atoms with Crippen molar-refractivity contribution in [2.75, 3.05) is 13.1 Å². The van der Waals surface area contributed by atoms with E-state index in [4.69, 9.17) is 9.15 Å². The van der Waals surface area contributed by atoms with Crippen molar-refractivity contribution in [3.8, 4) is 0 Å². The Morgan fingerprint density at radius 3 is 2.65 bits per heavy atom. The van der Waals surface area contributed by atoms with E-state index in [1.807, 2.05) is 0 Å². The number of hydrogen-bond donors (Lipinski definition) is 1. The van der Waals surface area contributed by atoms with Crippen LogP contribution in [0.5, 0.6) is 0 Å². The van der Waals surface area contributed by atoms with Gasteiger partial charge in [-0.1, -0.05) is 0 Å². The topological polar surface area (TPSA) is 37.6 Å². The number of rotatable bonds is 5. The Morgan fingerprint density at radius 1 is 1.20 bits per heavy atom. The lowest BCUT2D eigenvalue weighted by Gasteiger charge is -2.31. The molecule has 1 N–H and O–H groups in total. The molecule has 1 aromatic heterocycles. The fourth-order valence-electron chi connectivity index (χ4n) is 3.43. The van der Waals surface area contributed by atoms with E-state index in [1.165, 1.54) is 31.2 Å². The van der Waals surface area contributed by atoms with Gasteiger partial charge in [0.15, 0.2) is 0 Å². The van der Waals surface area contributed by atoms with Crippen molar-refractivity contribution in [1.82, 2.24) is 10.2 Å². The zero-order valence-corrected chi connectivity index (χ0v) is 12.2. The third kappa shape index (κ3) is 2.78. The maximum atomic E-state index is 5.94. The number of fused-ring (bicyclic) bond motifs is 2. The lowest BCUT2D eigenvalue weighted by Crippen LogP contribution is -2.41. The van der Waals surface area contributed by atoms with Crippen LogP contribution in [-0.2, 0) is 17.8 Å². The van der Waals surface area contributed by atoms with E-state index in [0.29, 0.717) is 12.2 Å². The number of ether oxygens (including phenoxy) is 1. The molecule has 4 nitrogen and oxygen atoms in total. The largest absolute Gasteiger partial charge is 0.465 e. The molecule has 2 saturated heterocycles. The van der Waals surface area contributed by atoms with Crippen molar-refractivity contribution in [3.05, 3.63) is 23.2 Å². The molecule has 4 heteroatoms. The van der Waals surface area contributed by atoms with Crippen LogP contribution >= 0.6 is 0 Å². The van der Waals surface area contributed by atoms with Crippen molar-refractivity contribution >= 4 is 0 Å². The molecule has 3 fully saturated rings. The molecule has 4 rings (SSSR count). The summed E-state index contributed by atoms with van der Waals surface area (Å²) in [6.45, 7) is 6.09. The second kappa shape index (κ2) is 5.17. The van der Waals surface area contributed by atoms with E-state index < -0.39 is 0 Å². The number of nitrogens with one attached hydrogen (secondary N) is 1. The molecule has 1 aromatic rings. The van der Waals surface area contributed by atoms with Gasteiger partial charge in [-0.15, -0.1) is 0 Å². The second-order valence-electron chi connectivity index (χ2n) is 6.60. The first-order valence-corrected chi connectivity index (χ1v) is 7.95. The SMILES string of the molecule is Cc1oc(CN2CC3CCC(C2)O3)cc1CNC1CC1. The molecular weight excluding hydrogens is 252 g/mol. The van der Waals surface area contributed by atoms with Crippen LogP contribution in [-0.4, -0.2) is 36.2 Å². The summed E-state index contributed by atoms with van der Waals surface area (Å²) in [7, 11) is 0. The molecule has 2 atom stereocenters. The summed E-state index contributed by atoms with van der Waals surface area (Å²) in [4.78, 5) is 2.49. The van der Waals surface area contributed by atoms with Crippen molar-refractivity contribution < 1.29 is 9.15 Å². The number of nitrogens with zero attached hydrogens (tertiary/aromatic N) is 1. The molecule has 0 amide bonds. The molecule has 2 unspecified atom stereocenters. The molecule has 0 aromatic carbocycles. The monoisotopic (exact) mass is 276 g/mol. The molecule has 3 aliphatic rings. The minimum atomic E-state index is 0.459. The van der Waals surface area contributed by atoms with Crippen LogP contribution in [0.2, 0.25) is 0 Å². The maximum Gasteiger partial charge on any atom is 0.118 e. The Balaban J connectivity index is 1.37. The van der Waals surface area contributed by atoms with Crippen LogP contribution in [0, 0.1) is 6.92 Å². The normalized spacial score (nSPS) is 30.1. The van der Waals surface area contributed by atoms with E-state index >= 15 is 0 Å². The van der Waals surface area contributed by atoms with E-state index in [2.05, 4.69) is 23.2 Å². The Hall–Kier alpha value is -0.840. The smallest absolute Gasteiger partial charge is 0.118 e. The zero-order valence-electron chi connectivity index (χ0n) is 12.2. The average Bonchev–Trinajstić information content (AvgIpc) is 3.11. The van der Waals surface area contributed by atoms with E-state index in [9.17, 15) is 0 Å². The van der Waals surface area contributed by atoms with Gasteiger partial charge in [-0.3, -0.25) is 4.90 Å². The minimum absolute atomic E-state index is 0.459. The van der Waals surface area contributed by atoms with Gasteiger partial charge in [-0.05, 0) is 38.7 Å². The van der Waals surface area contributed by atoms with E-state index in [1.54, 1.807) is 0 Å². The summed E-state index contributed by atoms with van der Waals surface area (Å²) < 4.78 is 11.8. The van der Waals surface area contributed by atoms with E-state index in [-0.39, 0.29) is 0 Å². The molecule has 110 valence electrons. The molecule has 20 heavy (non-hydrogen) atoms. The molecule has 3 heterocycles. The summed E-state index contributed by atoms with van der Waals surface area (Å²) in [6, 6.07) is 2.99. The number of likely N-dealkylation sites (tertiary alicyclic amines) is 1. The van der Waals surface area contributed by atoms with Gasteiger partial charge in [-0.25, -0.2) is 0 Å². The highest BCUT2D eigenvalue weighted by atomic mass is 16.5. The summed E-state index contributed by atoms with van der Waals surface area (Å²) in [6.07, 6.45) is 6.05. The van der Waals surface area contributed by atoms with Crippen LogP contribution < -0.4 is 5.32 Å². The predicted octanol–water partition coefficient (Wildman–Crippen LogP) is 2.20. The van der Waals surface area contributed by atoms with Crippen LogP contribution in [0.1, 0.15) is 42.8 Å². The quantitative estimate of drug-likeness (QED) is 0.894. The Labute approximate surface area is 120 Å². The molecule has 2 aliphatic heterocycles. The van der Waals surface area contributed by atoms with Gasteiger partial charge < -0.3 is 14.5 Å². The molecule has 1 saturated carbocycles. The number of hydrogen-bond acceptors (Lipinski definition) is 4. The van der Waals surface area contributed by atoms with E-state index in [0.717, 1.165) is 43.7 Å². The first kappa shape index (κ1) is 12.9. The fraction of sp³-hybridized carbons (Fsp3) is 0.750. The van der Waals surface area contributed by atoms with Crippen LogP contribution in [0.15, 0.2) is 10.5 Å². The summed E-state index contributed by atoms with van der Waals surface area (Å²) in [5.74, 6) is 2.18. The Bertz CT molecular complexity index is 469. The first-order chi connectivity index (χ1) is 9.76. The first-order valence-electron chi connectivity index (χ1n) is 7.95. The van der Waals surface area contributed by atoms with Gasteiger partial charge >= 0.3 is 0 Å². The van der Waals surface area contributed by atoms with Crippen LogP contribution in [0.3, 0.4) is 0 Å². The third-order valence-electron chi connectivity index (χ3n) is 4.73. The molecule has 0 radical (unpaired) electrons. The lowest BCUT2D eigenvalue weighted by atomic mass is 10.2. The van der Waals surface area contributed by atoms with Gasteiger partial charge in [0.05, 0.1) is 18.8 Å². The summed E-state index contributed by atoms with van der Waals surface area (Å²) in [5.41, 5.74) is 1.32. The number of morpholine rings is 1. The van der Waals surface area contributed by atoms with Crippen molar-refractivity contribution in [2.24, 2.45) is 0 Å². The standard InChI is InChI=1S/C16H24N2O2/c1-11-12(7-17-13-2-3-13)6-16(19-11)10-18-8-14-4-5-15(9-18)20-14/h6,13-15,17H,2-5,7-10H2,1H3. The summed E-state index contributed by atoms with van der Waals surface area (Å²) >= 11 is 0.